The van der Waals surface area contributed by atoms with E-state index in [1.807, 2.05) is 64.1 Å². The topological polar surface area (TPSA) is 122 Å². The average Bonchev–Trinajstić information content (AvgIpc) is 3.24. The predicted octanol–water partition coefficient (Wildman–Crippen LogP) is 5.73. The van der Waals surface area contributed by atoms with Crippen LogP contribution in [0.4, 0.5) is 11.6 Å². The molecule has 0 amide bonds. The fraction of sp³-hybridized carbons (Fsp3) is 0.346. The summed E-state index contributed by atoms with van der Waals surface area (Å²) in [6, 6.07) is 13.5. The van der Waals surface area contributed by atoms with Crippen molar-refractivity contribution in [2.75, 3.05) is 25.1 Å². The number of rotatable bonds is 10. The third-order valence-electron chi connectivity index (χ3n) is 4.90. The van der Waals surface area contributed by atoms with E-state index >= 15 is 0 Å². The Kier molecular flexibility index (Phi) is 10.9. The molecule has 0 aliphatic carbocycles. The molecule has 0 saturated carbocycles. The Morgan fingerprint density at radius 2 is 1.59 bits per heavy atom. The SMILES string of the molecule is CCOC(=O)c1cn2nc(OP(=S)(OCC)OCC)cc2nc1C.Cc1cc(C)nc(Nc2ccccc2)n1. The lowest BCUT2D eigenvalue weighted by Gasteiger charge is -2.19. The molecule has 208 valence electrons. The van der Waals surface area contributed by atoms with Crippen molar-refractivity contribution in [1.29, 1.82) is 0 Å². The lowest BCUT2D eigenvalue weighted by atomic mass is 10.2. The highest BCUT2D eigenvalue weighted by atomic mass is 32.5. The highest BCUT2D eigenvalue weighted by Crippen LogP contribution is 2.49. The van der Waals surface area contributed by atoms with Crippen molar-refractivity contribution in [3.05, 3.63) is 71.3 Å². The van der Waals surface area contributed by atoms with E-state index in [1.165, 1.54) is 4.52 Å². The summed E-state index contributed by atoms with van der Waals surface area (Å²) in [5.74, 6) is 0.433. The first-order valence-corrected chi connectivity index (χ1v) is 15.0. The Morgan fingerprint density at radius 1 is 0.949 bits per heavy atom. The van der Waals surface area contributed by atoms with Crippen LogP contribution in [0.25, 0.3) is 5.65 Å². The number of aromatic nitrogens is 5. The second kappa shape index (κ2) is 14.1. The zero-order chi connectivity index (χ0) is 28.4. The van der Waals surface area contributed by atoms with Gasteiger partial charge in [0.2, 0.25) is 11.8 Å². The highest BCUT2D eigenvalue weighted by Gasteiger charge is 2.23. The number of nitrogens with zero attached hydrogens (tertiary/aromatic N) is 5. The molecule has 4 rings (SSSR count). The Balaban J connectivity index is 0.000000239. The number of para-hydroxylation sites is 1. The quantitative estimate of drug-likeness (QED) is 0.185. The van der Waals surface area contributed by atoms with Crippen molar-refractivity contribution >= 4 is 41.8 Å². The Labute approximate surface area is 233 Å². The second-order valence-electron chi connectivity index (χ2n) is 8.09. The van der Waals surface area contributed by atoms with Crippen LogP contribution in [0.1, 0.15) is 48.2 Å². The molecular formula is C26H33N6O5PS. The summed E-state index contributed by atoms with van der Waals surface area (Å²) in [5.41, 5.74) is 4.35. The molecule has 0 aliphatic rings. The number of esters is 1. The van der Waals surface area contributed by atoms with E-state index in [2.05, 4.69) is 25.4 Å². The Morgan fingerprint density at radius 3 is 2.18 bits per heavy atom. The molecule has 1 N–H and O–H groups in total. The number of ether oxygens (including phenoxy) is 1. The maximum atomic E-state index is 11.9. The summed E-state index contributed by atoms with van der Waals surface area (Å²) in [6.45, 7) is 9.13. The maximum absolute atomic E-state index is 11.9. The summed E-state index contributed by atoms with van der Waals surface area (Å²) in [7, 11) is 0. The lowest BCUT2D eigenvalue weighted by molar-refractivity contribution is 0.0524. The summed E-state index contributed by atoms with van der Waals surface area (Å²) < 4.78 is 22.9. The fourth-order valence-electron chi connectivity index (χ4n) is 3.40. The van der Waals surface area contributed by atoms with E-state index in [4.69, 9.17) is 30.1 Å². The molecule has 0 fully saturated rings. The molecule has 0 aliphatic heterocycles. The van der Waals surface area contributed by atoms with E-state index in [9.17, 15) is 4.79 Å². The molecule has 4 aromatic rings. The first-order valence-electron chi connectivity index (χ1n) is 12.4. The van der Waals surface area contributed by atoms with E-state index < -0.39 is 12.7 Å². The van der Waals surface area contributed by atoms with Crippen LogP contribution in [0.15, 0.2) is 48.7 Å². The minimum atomic E-state index is -2.91. The smallest absolute Gasteiger partial charge is 0.381 e. The van der Waals surface area contributed by atoms with Gasteiger partial charge in [0, 0.05) is 41.1 Å². The van der Waals surface area contributed by atoms with Crippen molar-refractivity contribution in [2.24, 2.45) is 0 Å². The zero-order valence-electron chi connectivity index (χ0n) is 22.9. The van der Waals surface area contributed by atoms with Crippen molar-refractivity contribution in [1.82, 2.24) is 24.6 Å². The van der Waals surface area contributed by atoms with Crippen LogP contribution in [0.2, 0.25) is 0 Å². The average molecular weight is 573 g/mol. The van der Waals surface area contributed by atoms with E-state index in [-0.39, 0.29) is 12.5 Å². The number of carbonyl (C=O) groups excluding carboxylic acids is 1. The molecule has 13 heteroatoms. The molecule has 11 nitrogen and oxygen atoms in total. The molecular weight excluding hydrogens is 539 g/mol. The minimum Gasteiger partial charge on any atom is -0.462 e. The van der Waals surface area contributed by atoms with Gasteiger partial charge in [0.25, 0.3) is 0 Å². The standard InChI is InChI=1S/C14H20N3O5PS.C12H13N3/c1-5-19-14(18)11-9-17-12(15-10(11)4)8-13(16-17)22-23(24,20-6-2)21-7-3;1-9-8-10(2)14-12(13-9)15-11-6-4-3-5-7-11/h8-9H,5-7H2,1-4H3;3-8H,1-2H3,(H,13,14,15). The van der Waals surface area contributed by atoms with Gasteiger partial charge in [-0.05, 0) is 59.7 Å². The number of aryl methyl sites for hydroxylation is 3. The maximum Gasteiger partial charge on any atom is 0.381 e. The van der Waals surface area contributed by atoms with Crippen LogP contribution in [-0.2, 0) is 25.6 Å². The monoisotopic (exact) mass is 572 g/mol. The number of nitrogens with one attached hydrogen (secondary N) is 1. The molecule has 39 heavy (non-hydrogen) atoms. The fourth-order valence-corrected chi connectivity index (χ4v) is 5.39. The lowest BCUT2D eigenvalue weighted by Crippen LogP contribution is -2.10. The number of hydrogen-bond donors (Lipinski definition) is 1. The van der Waals surface area contributed by atoms with Gasteiger partial charge in [-0.1, -0.05) is 18.2 Å². The van der Waals surface area contributed by atoms with Gasteiger partial charge in [-0.2, -0.15) is 0 Å². The van der Waals surface area contributed by atoms with Crippen molar-refractivity contribution in [3.8, 4) is 5.88 Å². The second-order valence-corrected chi connectivity index (χ2v) is 11.0. The summed E-state index contributed by atoms with van der Waals surface area (Å²) >= 11 is 5.32. The molecule has 0 saturated heterocycles. The summed E-state index contributed by atoms with van der Waals surface area (Å²) in [5, 5.41) is 7.40. The Hall–Kier alpha value is -3.44. The number of anilines is 2. The Bertz CT molecular complexity index is 1420. The van der Waals surface area contributed by atoms with E-state index in [1.54, 1.807) is 26.1 Å². The third kappa shape index (κ3) is 8.79. The largest absolute Gasteiger partial charge is 0.462 e. The van der Waals surface area contributed by atoms with Gasteiger partial charge in [-0.25, -0.2) is 24.3 Å². The minimum absolute atomic E-state index is 0.230. The van der Waals surface area contributed by atoms with Crippen molar-refractivity contribution in [2.45, 2.75) is 41.5 Å². The molecule has 0 bridgehead atoms. The van der Waals surface area contributed by atoms with Crippen LogP contribution >= 0.6 is 6.72 Å². The van der Waals surface area contributed by atoms with Crippen molar-refractivity contribution in [3.63, 3.8) is 0 Å². The molecule has 0 spiro atoms. The molecule has 1 aromatic carbocycles. The normalized spacial score (nSPS) is 11.0. The first-order chi connectivity index (χ1) is 18.7. The number of fused-ring (bicyclic) bond motifs is 1. The van der Waals surface area contributed by atoms with Gasteiger partial charge in [-0.15, -0.1) is 5.10 Å². The molecule has 3 heterocycles. The van der Waals surface area contributed by atoms with Gasteiger partial charge >= 0.3 is 12.7 Å². The van der Waals surface area contributed by atoms with Crippen molar-refractivity contribution < 1.29 is 23.1 Å². The highest BCUT2D eigenvalue weighted by molar-refractivity contribution is 8.07. The third-order valence-corrected chi connectivity index (χ3v) is 7.32. The van der Waals surface area contributed by atoms with Gasteiger partial charge in [0.1, 0.15) is 0 Å². The molecule has 0 radical (unpaired) electrons. The molecule has 0 atom stereocenters. The van der Waals surface area contributed by atoms with Crippen LogP contribution in [0, 0.1) is 20.8 Å². The van der Waals surface area contributed by atoms with Crippen LogP contribution in [0.5, 0.6) is 5.88 Å². The molecule has 3 aromatic heterocycles. The number of hydrogen-bond acceptors (Lipinski definition) is 11. The first kappa shape index (κ1) is 30.1. The van der Waals surface area contributed by atoms with E-state index in [0.29, 0.717) is 36.1 Å². The van der Waals surface area contributed by atoms with Gasteiger partial charge in [-0.3, -0.25) is 9.05 Å². The van der Waals surface area contributed by atoms with Gasteiger partial charge in [0.05, 0.1) is 31.1 Å². The van der Waals surface area contributed by atoms with Crippen LogP contribution in [-0.4, -0.2) is 50.4 Å². The summed E-state index contributed by atoms with van der Waals surface area (Å²) in [4.78, 5) is 24.9. The number of carbonyl (C=O) groups is 1. The van der Waals surface area contributed by atoms with Gasteiger partial charge < -0.3 is 14.6 Å². The van der Waals surface area contributed by atoms with Crippen LogP contribution in [0.3, 0.4) is 0 Å². The van der Waals surface area contributed by atoms with Crippen LogP contribution < -0.4 is 9.84 Å². The van der Waals surface area contributed by atoms with Gasteiger partial charge in [0.15, 0.2) is 5.65 Å². The zero-order valence-corrected chi connectivity index (χ0v) is 24.6. The predicted molar refractivity (Wildman–Crippen MR) is 153 cm³/mol. The summed E-state index contributed by atoms with van der Waals surface area (Å²) in [6.07, 6.45) is 1.55. The molecule has 0 unspecified atom stereocenters. The van der Waals surface area contributed by atoms with E-state index in [0.717, 1.165) is 17.1 Å². The number of benzene rings is 1.